The molecule has 0 aromatic heterocycles. The van der Waals surface area contributed by atoms with Crippen molar-refractivity contribution in [3.8, 4) is 0 Å². The van der Waals surface area contributed by atoms with Gasteiger partial charge in [-0.25, -0.2) is 0 Å². The van der Waals surface area contributed by atoms with E-state index in [1.54, 1.807) is 12.1 Å². The molecule has 110 valence electrons. The van der Waals surface area contributed by atoms with E-state index in [-0.39, 0.29) is 16.4 Å². The Morgan fingerprint density at radius 1 is 1.05 bits per heavy atom. The van der Waals surface area contributed by atoms with Crippen molar-refractivity contribution in [1.29, 1.82) is 5.39 Å². The number of nitro benzene ring substituents is 2. The third kappa shape index (κ3) is 2.77. The molecule has 0 spiro atoms. The Bertz CT molecular complexity index is 804. The standard InChI is InChI=1S/C12H7ClN5O4/c13-9-3-1-2-4-10(9)16(15-14)11-6-5-8(17(19)20)7-12(11)18(21)22/h1-7H/q+1. The van der Waals surface area contributed by atoms with Gasteiger partial charge in [-0.05, 0) is 18.2 Å². The van der Waals surface area contributed by atoms with Crippen molar-refractivity contribution in [2.45, 2.75) is 0 Å². The Morgan fingerprint density at radius 2 is 1.73 bits per heavy atom. The number of nitro groups is 2. The summed E-state index contributed by atoms with van der Waals surface area (Å²) in [5, 5.41) is 35.0. The van der Waals surface area contributed by atoms with Crippen LogP contribution in [-0.2, 0) is 0 Å². The number of para-hydroxylation sites is 1. The largest absolute Gasteiger partial charge is 0.316 e. The first kappa shape index (κ1) is 15.1. The zero-order chi connectivity index (χ0) is 16.3. The average Bonchev–Trinajstić information content (AvgIpc) is 2.49. The van der Waals surface area contributed by atoms with Crippen LogP contribution in [0.3, 0.4) is 0 Å². The molecule has 0 radical (unpaired) electrons. The second kappa shape index (κ2) is 6.02. The van der Waals surface area contributed by atoms with Gasteiger partial charge < -0.3 is 0 Å². The van der Waals surface area contributed by atoms with Gasteiger partial charge in [0.05, 0.1) is 20.9 Å². The summed E-state index contributed by atoms with van der Waals surface area (Å²) in [6.45, 7) is 0. The predicted octanol–water partition coefficient (Wildman–Crippen LogP) is 4.06. The van der Waals surface area contributed by atoms with Crippen LogP contribution >= 0.6 is 11.6 Å². The second-order valence-corrected chi connectivity index (χ2v) is 4.45. The quantitative estimate of drug-likeness (QED) is 0.476. The Labute approximate surface area is 128 Å². The molecule has 2 aromatic carbocycles. The van der Waals surface area contributed by atoms with Crippen LogP contribution in [0.1, 0.15) is 0 Å². The number of hydrogen-bond donors (Lipinski definition) is 0. The molecule has 0 aliphatic heterocycles. The van der Waals surface area contributed by atoms with Crippen LogP contribution in [0, 0.1) is 25.6 Å². The molecule has 0 fully saturated rings. The van der Waals surface area contributed by atoms with E-state index in [4.69, 9.17) is 11.6 Å². The van der Waals surface area contributed by atoms with Crippen molar-refractivity contribution in [3.63, 3.8) is 0 Å². The number of nitrogens with zero attached hydrogens (tertiary/aromatic N) is 5. The highest BCUT2D eigenvalue weighted by atomic mass is 35.5. The summed E-state index contributed by atoms with van der Waals surface area (Å²) in [5.41, 5.74) is -1.02. The van der Waals surface area contributed by atoms with Crippen LogP contribution in [0.25, 0.3) is 5.08 Å². The smallest absolute Gasteiger partial charge is 0.258 e. The van der Waals surface area contributed by atoms with E-state index in [1.807, 2.05) is 0 Å². The van der Waals surface area contributed by atoms with E-state index in [0.29, 0.717) is 0 Å². The van der Waals surface area contributed by atoms with E-state index < -0.39 is 21.2 Å². The molecule has 22 heavy (non-hydrogen) atoms. The van der Waals surface area contributed by atoms with Gasteiger partial charge >= 0.3 is 10.8 Å². The van der Waals surface area contributed by atoms with Crippen molar-refractivity contribution < 1.29 is 9.85 Å². The van der Waals surface area contributed by atoms with Crippen LogP contribution in [0.2, 0.25) is 5.02 Å². The van der Waals surface area contributed by atoms with Gasteiger partial charge in [0.1, 0.15) is 5.69 Å². The zero-order valence-electron chi connectivity index (χ0n) is 10.8. The van der Waals surface area contributed by atoms with Gasteiger partial charge in [0.2, 0.25) is 5.69 Å². The number of hydrogen-bond acceptors (Lipinski definition) is 6. The van der Waals surface area contributed by atoms with Gasteiger partial charge in [-0.2, -0.15) is 0 Å². The molecule has 9 nitrogen and oxygen atoms in total. The summed E-state index contributed by atoms with van der Waals surface area (Å²) in [4.78, 5) is 20.3. The first-order chi connectivity index (χ1) is 10.5. The minimum atomic E-state index is -0.808. The molecule has 10 heteroatoms. The van der Waals surface area contributed by atoms with E-state index in [9.17, 15) is 25.6 Å². The molecule has 0 heterocycles. The van der Waals surface area contributed by atoms with Crippen molar-refractivity contribution in [3.05, 3.63) is 72.8 Å². The van der Waals surface area contributed by atoms with Crippen molar-refractivity contribution in [2.24, 2.45) is 0 Å². The van der Waals surface area contributed by atoms with Crippen molar-refractivity contribution >= 4 is 34.4 Å². The zero-order valence-corrected chi connectivity index (χ0v) is 11.5. The average molecular weight is 321 g/mol. The normalized spacial score (nSPS) is 9.82. The van der Waals surface area contributed by atoms with Crippen molar-refractivity contribution in [2.75, 3.05) is 5.01 Å². The van der Waals surface area contributed by atoms with Crippen LogP contribution in [0.4, 0.5) is 22.7 Å². The summed E-state index contributed by atoms with van der Waals surface area (Å²) in [6, 6.07) is 9.17. The number of non-ortho nitro benzene ring substituents is 1. The molecule has 2 rings (SSSR count). The van der Waals surface area contributed by atoms with Gasteiger partial charge in [0.25, 0.3) is 11.1 Å². The van der Waals surface area contributed by atoms with E-state index in [1.165, 1.54) is 12.1 Å². The van der Waals surface area contributed by atoms with Gasteiger partial charge in [-0.3, -0.25) is 20.2 Å². The maximum atomic E-state index is 11.1. The summed E-state index contributed by atoms with van der Waals surface area (Å²) in [7, 11) is 0. The molecule has 0 aliphatic rings. The molecule has 0 saturated heterocycles. The highest BCUT2D eigenvalue weighted by Gasteiger charge is 2.32. The Balaban J connectivity index is 2.64. The molecule has 0 unspecified atom stereocenters. The monoisotopic (exact) mass is 320 g/mol. The highest BCUT2D eigenvalue weighted by Crippen LogP contribution is 2.39. The summed E-state index contributed by atoms with van der Waals surface area (Å²) in [6.07, 6.45) is 0. The molecule has 2 aromatic rings. The fraction of sp³-hybridized carbons (Fsp3) is 0. The van der Waals surface area contributed by atoms with Gasteiger partial charge in [0, 0.05) is 11.1 Å². The number of anilines is 2. The topological polar surface area (TPSA) is 118 Å². The number of benzene rings is 2. The third-order valence-corrected chi connectivity index (χ3v) is 3.08. The maximum absolute atomic E-state index is 11.1. The maximum Gasteiger partial charge on any atom is 0.316 e. The minimum Gasteiger partial charge on any atom is -0.258 e. The second-order valence-electron chi connectivity index (χ2n) is 4.04. The number of diazo groups is 1. The van der Waals surface area contributed by atoms with E-state index >= 15 is 0 Å². The molecule has 0 atom stereocenters. The summed E-state index contributed by atoms with van der Waals surface area (Å²) in [5.74, 6) is 0. The lowest BCUT2D eigenvalue weighted by atomic mass is 10.2. The summed E-state index contributed by atoms with van der Waals surface area (Å²) < 4.78 is 0. The fourth-order valence-electron chi connectivity index (χ4n) is 1.80. The lowest BCUT2D eigenvalue weighted by molar-refractivity contribution is -0.393. The fourth-order valence-corrected chi connectivity index (χ4v) is 2.02. The minimum absolute atomic E-state index is 0.161. The predicted molar refractivity (Wildman–Crippen MR) is 78.4 cm³/mol. The van der Waals surface area contributed by atoms with Crippen LogP contribution in [0.15, 0.2) is 42.5 Å². The molecule has 0 aliphatic carbocycles. The third-order valence-electron chi connectivity index (χ3n) is 2.76. The molecule has 0 N–H and O–H groups in total. The van der Waals surface area contributed by atoms with Crippen LogP contribution < -0.4 is 5.01 Å². The molecule has 0 saturated carbocycles. The Kier molecular flexibility index (Phi) is 4.15. The molecule has 0 amide bonds. The Morgan fingerprint density at radius 3 is 2.27 bits per heavy atom. The number of halogens is 1. The lowest BCUT2D eigenvalue weighted by Gasteiger charge is -2.06. The van der Waals surface area contributed by atoms with Gasteiger partial charge in [-0.15, -0.1) is 0 Å². The van der Waals surface area contributed by atoms with E-state index in [0.717, 1.165) is 23.2 Å². The first-order valence-electron chi connectivity index (χ1n) is 5.78. The lowest BCUT2D eigenvalue weighted by Crippen LogP contribution is -2.09. The van der Waals surface area contributed by atoms with Gasteiger partial charge in [0.15, 0.2) is 0 Å². The number of rotatable bonds is 4. The highest BCUT2D eigenvalue weighted by molar-refractivity contribution is 6.33. The van der Waals surface area contributed by atoms with E-state index in [2.05, 4.69) is 5.08 Å². The molecular formula is C12H7ClN5O4+. The Hall–Kier alpha value is -3.25. The van der Waals surface area contributed by atoms with Gasteiger partial charge in [-0.1, -0.05) is 23.7 Å². The molecular weight excluding hydrogens is 314 g/mol. The van der Waals surface area contributed by atoms with Crippen LogP contribution in [-0.4, -0.2) is 9.85 Å². The first-order valence-corrected chi connectivity index (χ1v) is 6.16. The summed E-state index contributed by atoms with van der Waals surface area (Å²) >= 11 is 5.97. The SMILES string of the molecule is N#[N+]N(c1ccccc1Cl)c1ccc([N+](=O)[O-])cc1[N+](=O)[O-]. The molecule has 0 bridgehead atoms. The van der Waals surface area contributed by atoms with Crippen LogP contribution in [0.5, 0.6) is 0 Å². The van der Waals surface area contributed by atoms with Crippen molar-refractivity contribution in [1.82, 2.24) is 0 Å².